The zero-order valence-corrected chi connectivity index (χ0v) is 11.1. The van der Waals surface area contributed by atoms with E-state index in [4.69, 9.17) is 4.74 Å². The second-order valence-electron chi connectivity index (χ2n) is 5.50. The van der Waals surface area contributed by atoms with E-state index in [-0.39, 0.29) is 23.1 Å². The van der Waals surface area contributed by atoms with Crippen molar-refractivity contribution in [2.45, 2.75) is 40.0 Å². The van der Waals surface area contributed by atoms with Crippen LogP contribution in [-0.2, 0) is 10.2 Å². The van der Waals surface area contributed by atoms with Crippen LogP contribution in [0.25, 0.3) is 0 Å². The molecular formula is C14H20O3. The van der Waals surface area contributed by atoms with Crippen molar-refractivity contribution in [1.29, 1.82) is 0 Å². The molecule has 0 spiro atoms. The summed E-state index contributed by atoms with van der Waals surface area (Å²) in [6, 6.07) is 4.88. The summed E-state index contributed by atoms with van der Waals surface area (Å²) in [5, 5.41) is 9.77. The summed E-state index contributed by atoms with van der Waals surface area (Å²) < 4.78 is 5.22. The Bertz CT molecular complexity index is 414. The minimum Gasteiger partial charge on any atom is -0.508 e. The van der Waals surface area contributed by atoms with Crippen molar-refractivity contribution in [2.75, 3.05) is 0 Å². The van der Waals surface area contributed by atoms with E-state index in [0.717, 1.165) is 5.56 Å². The van der Waals surface area contributed by atoms with Gasteiger partial charge in [0.05, 0.1) is 5.92 Å². The third kappa shape index (κ3) is 3.48. The number of benzene rings is 1. The molecule has 0 fully saturated rings. The Labute approximate surface area is 102 Å². The first-order valence-corrected chi connectivity index (χ1v) is 5.77. The number of aromatic hydroxyl groups is 1. The maximum absolute atomic E-state index is 11.5. The highest BCUT2D eigenvalue weighted by molar-refractivity contribution is 5.74. The van der Waals surface area contributed by atoms with Crippen LogP contribution in [0.3, 0.4) is 0 Å². The van der Waals surface area contributed by atoms with E-state index in [1.165, 1.54) is 0 Å². The molecule has 0 amide bonds. The maximum atomic E-state index is 11.5. The van der Waals surface area contributed by atoms with Gasteiger partial charge in [0.2, 0.25) is 0 Å². The van der Waals surface area contributed by atoms with Crippen molar-refractivity contribution >= 4 is 5.97 Å². The van der Waals surface area contributed by atoms with Crippen molar-refractivity contribution in [3.05, 3.63) is 23.8 Å². The molecule has 0 heterocycles. The van der Waals surface area contributed by atoms with Crippen LogP contribution in [0.2, 0.25) is 0 Å². The molecule has 1 aromatic carbocycles. The number of hydrogen-bond donors (Lipinski definition) is 1. The van der Waals surface area contributed by atoms with Gasteiger partial charge in [0.1, 0.15) is 11.5 Å². The Kier molecular flexibility index (Phi) is 3.81. The smallest absolute Gasteiger partial charge is 0.313 e. The second kappa shape index (κ2) is 4.78. The van der Waals surface area contributed by atoms with Crippen LogP contribution in [0.4, 0.5) is 0 Å². The maximum Gasteiger partial charge on any atom is 0.313 e. The number of hydrogen-bond acceptors (Lipinski definition) is 3. The molecule has 1 aromatic rings. The van der Waals surface area contributed by atoms with Gasteiger partial charge in [-0.15, -0.1) is 0 Å². The lowest BCUT2D eigenvalue weighted by molar-refractivity contribution is -0.137. The van der Waals surface area contributed by atoms with Gasteiger partial charge in [-0.1, -0.05) is 34.6 Å². The monoisotopic (exact) mass is 236 g/mol. The predicted molar refractivity (Wildman–Crippen MR) is 67.3 cm³/mol. The third-order valence-corrected chi connectivity index (χ3v) is 2.47. The van der Waals surface area contributed by atoms with Gasteiger partial charge in [-0.2, -0.15) is 0 Å². The summed E-state index contributed by atoms with van der Waals surface area (Å²) in [5.74, 6) is 0.269. The second-order valence-corrected chi connectivity index (χ2v) is 5.50. The Balaban J connectivity index is 3.01. The molecule has 0 aliphatic heterocycles. The van der Waals surface area contributed by atoms with E-state index >= 15 is 0 Å². The molecule has 0 saturated carbocycles. The standard InChI is InChI=1S/C14H20O3/c1-9(2)13(16)17-10-6-7-12(15)11(8-10)14(3,4)5/h6-9,15H,1-5H3. The number of esters is 1. The fourth-order valence-corrected chi connectivity index (χ4v) is 1.41. The van der Waals surface area contributed by atoms with E-state index in [1.54, 1.807) is 32.0 Å². The summed E-state index contributed by atoms with van der Waals surface area (Å²) in [4.78, 5) is 11.5. The molecule has 0 atom stereocenters. The highest BCUT2D eigenvalue weighted by atomic mass is 16.5. The Hall–Kier alpha value is -1.51. The molecule has 94 valence electrons. The van der Waals surface area contributed by atoms with Crippen molar-refractivity contribution in [2.24, 2.45) is 5.92 Å². The highest BCUT2D eigenvalue weighted by Gasteiger charge is 2.19. The lowest BCUT2D eigenvalue weighted by Crippen LogP contribution is -2.16. The van der Waals surface area contributed by atoms with Gasteiger partial charge in [0, 0.05) is 5.56 Å². The van der Waals surface area contributed by atoms with Gasteiger partial charge in [-0.05, 0) is 23.6 Å². The molecule has 0 radical (unpaired) electrons. The first kappa shape index (κ1) is 13.6. The third-order valence-electron chi connectivity index (χ3n) is 2.47. The van der Waals surface area contributed by atoms with Crippen LogP contribution in [0.5, 0.6) is 11.5 Å². The summed E-state index contributed by atoms with van der Waals surface area (Å²) in [7, 11) is 0. The Morgan fingerprint density at radius 3 is 2.35 bits per heavy atom. The number of ether oxygens (including phenoxy) is 1. The van der Waals surface area contributed by atoms with Crippen molar-refractivity contribution in [3.63, 3.8) is 0 Å². The molecule has 0 aliphatic rings. The topological polar surface area (TPSA) is 46.5 Å². The molecule has 0 unspecified atom stereocenters. The Morgan fingerprint density at radius 1 is 1.29 bits per heavy atom. The number of carbonyl (C=O) groups is 1. The first-order chi connectivity index (χ1) is 7.71. The molecule has 0 bridgehead atoms. The largest absolute Gasteiger partial charge is 0.508 e. The number of rotatable bonds is 2. The number of phenols is 1. The van der Waals surface area contributed by atoms with E-state index in [1.807, 2.05) is 20.8 Å². The van der Waals surface area contributed by atoms with E-state index < -0.39 is 0 Å². The molecule has 3 nitrogen and oxygen atoms in total. The lowest BCUT2D eigenvalue weighted by Gasteiger charge is -2.21. The Morgan fingerprint density at radius 2 is 1.88 bits per heavy atom. The molecule has 1 rings (SSSR count). The zero-order valence-electron chi connectivity index (χ0n) is 11.1. The predicted octanol–water partition coefficient (Wildman–Crippen LogP) is 3.25. The average molecular weight is 236 g/mol. The molecule has 17 heavy (non-hydrogen) atoms. The van der Waals surface area contributed by atoms with Crippen molar-refractivity contribution < 1.29 is 14.6 Å². The van der Waals surface area contributed by atoms with E-state index in [9.17, 15) is 9.90 Å². The average Bonchev–Trinajstić information content (AvgIpc) is 2.19. The van der Waals surface area contributed by atoms with Crippen molar-refractivity contribution in [3.8, 4) is 11.5 Å². The van der Waals surface area contributed by atoms with Gasteiger partial charge in [0.15, 0.2) is 0 Å². The van der Waals surface area contributed by atoms with Gasteiger partial charge < -0.3 is 9.84 Å². The van der Waals surface area contributed by atoms with Crippen LogP contribution >= 0.6 is 0 Å². The molecular weight excluding hydrogens is 216 g/mol. The number of carbonyl (C=O) groups excluding carboxylic acids is 1. The van der Waals surface area contributed by atoms with Crippen LogP contribution < -0.4 is 4.74 Å². The van der Waals surface area contributed by atoms with Crippen molar-refractivity contribution in [1.82, 2.24) is 0 Å². The van der Waals surface area contributed by atoms with Gasteiger partial charge in [0.25, 0.3) is 0 Å². The van der Waals surface area contributed by atoms with Crippen LogP contribution in [0, 0.1) is 5.92 Å². The van der Waals surface area contributed by atoms with E-state index in [0.29, 0.717) is 5.75 Å². The van der Waals surface area contributed by atoms with Crippen LogP contribution in [-0.4, -0.2) is 11.1 Å². The molecule has 0 aromatic heterocycles. The highest BCUT2D eigenvalue weighted by Crippen LogP contribution is 2.33. The summed E-state index contributed by atoms with van der Waals surface area (Å²) in [6.07, 6.45) is 0. The molecule has 3 heteroatoms. The molecule has 1 N–H and O–H groups in total. The summed E-state index contributed by atoms with van der Waals surface area (Å²) in [5.41, 5.74) is 0.580. The van der Waals surface area contributed by atoms with Gasteiger partial charge in [-0.3, -0.25) is 4.79 Å². The van der Waals surface area contributed by atoms with Crippen LogP contribution in [0.15, 0.2) is 18.2 Å². The normalized spacial score (nSPS) is 11.6. The summed E-state index contributed by atoms with van der Waals surface area (Å²) in [6.45, 7) is 9.56. The molecule has 0 aliphatic carbocycles. The molecule has 0 saturated heterocycles. The minimum atomic E-state index is -0.268. The lowest BCUT2D eigenvalue weighted by atomic mass is 9.86. The fourth-order valence-electron chi connectivity index (χ4n) is 1.41. The number of phenolic OH excluding ortho intramolecular Hbond substituents is 1. The van der Waals surface area contributed by atoms with E-state index in [2.05, 4.69) is 0 Å². The van der Waals surface area contributed by atoms with Gasteiger partial charge in [-0.25, -0.2) is 0 Å². The van der Waals surface area contributed by atoms with Gasteiger partial charge >= 0.3 is 5.97 Å². The minimum absolute atomic E-state index is 0.165. The SMILES string of the molecule is CC(C)C(=O)Oc1ccc(O)c(C(C)(C)C)c1. The first-order valence-electron chi connectivity index (χ1n) is 5.77. The van der Waals surface area contributed by atoms with Crippen LogP contribution in [0.1, 0.15) is 40.2 Å². The zero-order chi connectivity index (χ0) is 13.2. The summed E-state index contributed by atoms with van der Waals surface area (Å²) >= 11 is 0. The fraction of sp³-hybridized carbons (Fsp3) is 0.500. The quantitative estimate of drug-likeness (QED) is 0.633.